The predicted octanol–water partition coefficient (Wildman–Crippen LogP) is 6.94. The number of aryl methyl sites for hydroxylation is 1. The number of pyridine rings is 3. The Hall–Kier alpha value is -4.46. The molecule has 0 bridgehead atoms. The van der Waals surface area contributed by atoms with Gasteiger partial charge < -0.3 is 0 Å². The van der Waals surface area contributed by atoms with Gasteiger partial charge in [0.15, 0.2) is 0 Å². The molecule has 6 rings (SSSR count). The van der Waals surface area contributed by atoms with Crippen molar-refractivity contribution in [1.82, 2.24) is 15.0 Å². The second-order valence-corrected chi connectivity index (χ2v) is 11.1. The highest BCUT2D eigenvalue weighted by Crippen LogP contribution is 2.33. The predicted molar refractivity (Wildman–Crippen MR) is 160 cm³/mol. The Morgan fingerprint density at radius 3 is 1.32 bits per heavy atom. The van der Waals surface area contributed by atoms with Gasteiger partial charge in [-0.15, -0.1) is 0 Å². The van der Waals surface area contributed by atoms with E-state index in [1.165, 1.54) is 5.56 Å². The maximum absolute atomic E-state index is 5.21. The standard InChI is InChI=1S/C34H26N3P/c1-25-13-8-9-18-28(25)31-21-12-24-34(37-31)38(32-22-10-19-29(35-32)26-14-4-2-5-15-26)33-23-11-20-30(36-33)27-16-6-3-7-17-27/h2-24H,1H3. The molecule has 0 radical (unpaired) electrons. The van der Waals surface area contributed by atoms with Gasteiger partial charge in [0.2, 0.25) is 0 Å². The third-order valence-electron chi connectivity index (χ3n) is 6.45. The van der Waals surface area contributed by atoms with E-state index in [9.17, 15) is 0 Å². The zero-order valence-corrected chi connectivity index (χ0v) is 22.0. The van der Waals surface area contributed by atoms with Crippen molar-refractivity contribution in [2.75, 3.05) is 0 Å². The van der Waals surface area contributed by atoms with Crippen molar-refractivity contribution < 1.29 is 0 Å². The first-order valence-corrected chi connectivity index (χ1v) is 14.0. The fourth-order valence-electron chi connectivity index (χ4n) is 4.55. The van der Waals surface area contributed by atoms with Crippen LogP contribution in [0.3, 0.4) is 0 Å². The van der Waals surface area contributed by atoms with Crippen molar-refractivity contribution in [1.29, 1.82) is 0 Å². The van der Waals surface area contributed by atoms with Crippen LogP contribution in [-0.4, -0.2) is 15.0 Å². The number of rotatable bonds is 6. The van der Waals surface area contributed by atoms with Crippen molar-refractivity contribution in [2.45, 2.75) is 6.92 Å². The Kier molecular flexibility index (Phi) is 6.85. The molecule has 0 N–H and O–H groups in total. The van der Waals surface area contributed by atoms with Crippen LogP contribution in [0.2, 0.25) is 0 Å². The van der Waals surface area contributed by atoms with E-state index in [1.54, 1.807) is 0 Å². The lowest BCUT2D eigenvalue weighted by Crippen LogP contribution is -2.27. The maximum Gasteiger partial charge on any atom is 0.0760 e. The molecule has 0 aliphatic heterocycles. The molecule has 4 heteroatoms. The Labute approximate surface area is 224 Å². The number of nitrogens with zero attached hydrogens (tertiary/aromatic N) is 3. The van der Waals surface area contributed by atoms with E-state index < -0.39 is 7.92 Å². The van der Waals surface area contributed by atoms with E-state index in [4.69, 9.17) is 15.0 Å². The third-order valence-corrected chi connectivity index (χ3v) is 8.57. The maximum atomic E-state index is 5.21. The van der Waals surface area contributed by atoms with E-state index in [1.807, 2.05) is 36.4 Å². The summed E-state index contributed by atoms with van der Waals surface area (Å²) in [7, 11) is -1.11. The molecular formula is C34H26N3P. The van der Waals surface area contributed by atoms with Crippen LogP contribution in [-0.2, 0) is 0 Å². The molecule has 0 atom stereocenters. The molecule has 0 aliphatic carbocycles. The zero-order valence-electron chi connectivity index (χ0n) is 21.1. The van der Waals surface area contributed by atoms with E-state index >= 15 is 0 Å². The topological polar surface area (TPSA) is 38.7 Å². The molecule has 0 spiro atoms. The van der Waals surface area contributed by atoms with Gasteiger partial charge in [0.1, 0.15) is 0 Å². The number of hydrogen-bond acceptors (Lipinski definition) is 3. The Bertz CT molecular complexity index is 1600. The summed E-state index contributed by atoms with van der Waals surface area (Å²) in [6.07, 6.45) is 0. The van der Waals surface area contributed by atoms with Gasteiger partial charge in [-0.25, -0.2) is 15.0 Å². The lowest BCUT2D eigenvalue weighted by atomic mass is 10.1. The summed E-state index contributed by atoms with van der Waals surface area (Å²) in [4.78, 5) is 15.5. The Morgan fingerprint density at radius 2 is 0.816 bits per heavy atom. The molecule has 0 saturated carbocycles. The van der Waals surface area contributed by atoms with E-state index in [0.29, 0.717) is 0 Å². The first-order valence-electron chi connectivity index (χ1n) is 12.6. The third kappa shape index (κ3) is 5.02. The Morgan fingerprint density at radius 1 is 0.395 bits per heavy atom. The van der Waals surface area contributed by atoms with E-state index in [0.717, 1.165) is 50.1 Å². The highest BCUT2D eigenvalue weighted by molar-refractivity contribution is 7.79. The van der Waals surface area contributed by atoms with Crippen LogP contribution in [0.25, 0.3) is 33.8 Å². The van der Waals surface area contributed by atoms with Gasteiger partial charge in [-0.1, -0.05) is 103 Å². The molecule has 0 fully saturated rings. The quantitative estimate of drug-likeness (QED) is 0.229. The van der Waals surface area contributed by atoms with Gasteiger partial charge in [-0.2, -0.15) is 0 Å². The molecule has 38 heavy (non-hydrogen) atoms. The minimum absolute atomic E-state index is 0.949. The van der Waals surface area contributed by atoms with Gasteiger partial charge in [0, 0.05) is 24.6 Å². The van der Waals surface area contributed by atoms with E-state index in [-0.39, 0.29) is 0 Å². The first kappa shape index (κ1) is 23.9. The number of benzene rings is 3. The number of aromatic nitrogens is 3. The van der Waals surface area contributed by atoms with Crippen LogP contribution in [0.15, 0.2) is 140 Å². The molecule has 3 aromatic carbocycles. The van der Waals surface area contributed by atoms with Crippen LogP contribution < -0.4 is 16.3 Å². The molecular weight excluding hydrogens is 481 g/mol. The van der Waals surface area contributed by atoms with Crippen LogP contribution in [0.1, 0.15) is 5.56 Å². The summed E-state index contributed by atoms with van der Waals surface area (Å²) in [5, 5.41) is 0. The van der Waals surface area contributed by atoms with Crippen molar-refractivity contribution in [3.63, 3.8) is 0 Å². The second kappa shape index (κ2) is 10.9. The van der Waals surface area contributed by atoms with Crippen LogP contribution >= 0.6 is 7.92 Å². The normalized spacial score (nSPS) is 11.0. The van der Waals surface area contributed by atoms with Gasteiger partial charge in [0.25, 0.3) is 0 Å². The van der Waals surface area contributed by atoms with Crippen molar-refractivity contribution >= 4 is 24.2 Å². The molecule has 0 amide bonds. The minimum Gasteiger partial charge on any atom is -0.247 e. The van der Waals surface area contributed by atoms with Crippen LogP contribution in [0.4, 0.5) is 0 Å². The fraction of sp³-hybridized carbons (Fsp3) is 0.0294. The SMILES string of the molecule is Cc1ccccc1-c1cccc(P(c2cccc(-c3ccccc3)n2)c2cccc(-c3ccccc3)n2)n1. The molecule has 3 nitrogen and oxygen atoms in total. The largest absolute Gasteiger partial charge is 0.247 e. The molecule has 3 heterocycles. The van der Waals surface area contributed by atoms with Crippen molar-refractivity contribution in [2.24, 2.45) is 0 Å². The molecule has 3 aromatic heterocycles. The fourth-order valence-corrected chi connectivity index (χ4v) is 6.58. The molecule has 0 aliphatic rings. The molecule has 0 unspecified atom stereocenters. The van der Waals surface area contributed by atoms with Gasteiger partial charge in [-0.3, -0.25) is 0 Å². The van der Waals surface area contributed by atoms with Crippen LogP contribution in [0, 0.1) is 6.92 Å². The van der Waals surface area contributed by atoms with Crippen molar-refractivity contribution in [3.05, 3.63) is 145 Å². The minimum atomic E-state index is -1.11. The molecule has 0 saturated heterocycles. The van der Waals surface area contributed by atoms with Gasteiger partial charge in [-0.05, 0) is 48.9 Å². The lowest BCUT2D eigenvalue weighted by molar-refractivity contribution is 1.33. The monoisotopic (exact) mass is 507 g/mol. The van der Waals surface area contributed by atoms with Gasteiger partial charge in [0.05, 0.1) is 33.4 Å². The summed E-state index contributed by atoms with van der Waals surface area (Å²) in [5.74, 6) is 0. The smallest absolute Gasteiger partial charge is 0.0760 e. The zero-order chi connectivity index (χ0) is 25.7. The van der Waals surface area contributed by atoms with Crippen molar-refractivity contribution in [3.8, 4) is 33.8 Å². The summed E-state index contributed by atoms with van der Waals surface area (Å²) in [6, 6.07) is 47.8. The molecule has 6 aromatic rings. The highest BCUT2D eigenvalue weighted by atomic mass is 31.1. The Balaban J connectivity index is 1.52. The average Bonchev–Trinajstić information content (AvgIpc) is 2.99. The summed E-state index contributed by atoms with van der Waals surface area (Å²) < 4.78 is 0. The highest BCUT2D eigenvalue weighted by Gasteiger charge is 2.23. The van der Waals surface area contributed by atoms with E-state index in [2.05, 4.69) is 110 Å². The summed E-state index contributed by atoms with van der Waals surface area (Å²) in [5.41, 5.74) is 10.3. The number of hydrogen-bond donors (Lipinski definition) is 0. The summed E-state index contributed by atoms with van der Waals surface area (Å²) in [6.45, 7) is 2.13. The van der Waals surface area contributed by atoms with Crippen LogP contribution in [0.5, 0.6) is 0 Å². The average molecular weight is 508 g/mol. The van der Waals surface area contributed by atoms with Gasteiger partial charge >= 0.3 is 0 Å². The molecule has 182 valence electrons. The second-order valence-electron chi connectivity index (χ2n) is 9.03. The summed E-state index contributed by atoms with van der Waals surface area (Å²) >= 11 is 0. The lowest BCUT2D eigenvalue weighted by Gasteiger charge is -2.19. The first-order chi connectivity index (χ1) is 18.8.